The van der Waals surface area contributed by atoms with Crippen molar-refractivity contribution < 1.29 is 8.42 Å². The normalized spacial score (nSPS) is 25.1. The predicted molar refractivity (Wildman–Crippen MR) is 62.8 cm³/mol. The minimum absolute atomic E-state index is 0.0573. The van der Waals surface area contributed by atoms with E-state index in [2.05, 4.69) is 10.6 Å². The molecule has 2 N–H and O–H groups in total. The highest BCUT2D eigenvalue weighted by Gasteiger charge is 2.15. The summed E-state index contributed by atoms with van der Waals surface area (Å²) in [6.07, 6.45) is 3.76. The maximum Gasteiger partial charge on any atom is 0.148 e. The lowest BCUT2D eigenvalue weighted by Gasteiger charge is -2.24. The van der Waals surface area contributed by atoms with Crippen molar-refractivity contribution in [1.82, 2.24) is 10.6 Å². The molecule has 90 valence electrons. The minimum Gasteiger partial charge on any atom is -0.316 e. The van der Waals surface area contributed by atoms with Crippen molar-refractivity contribution in [3.63, 3.8) is 0 Å². The largest absolute Gasteiger partial charge is 0.316 e. The fourth-order valence-electron chi connectivity index (χ4n) is 1.98. The van der Waals surface area contributed by atoms with Crippen molar-refractivity contribution in [2.45, 2.75) is 25.8 Å². The lowest BCUT2D eigenvalue weighted by molar-refractivity contribution is 0.351. The van der Waals surface area contributed by atoms with Gasteiger partial charge in [0.2, 0.25) is 0 Å². The molecular weight excluding hydrogens is 212 g/mol. The Morgan fingerprint density at radius 1 is 1.53 bits per heavy atom. The van der Waals surface area contributed by atoms with Gasteiger partial charge in [0, 0.05) is 12.3 Å². The summed E-state index contributed by atoms with van der Waals surface area (Å²) in [7, 11) is -2.85. The first-order valence-corrected chi connectivity index (χ1v) is 7.65. The second-order valence-corrected chi connectivity index (χ2v) is 6.80. The zero-order valence-electron chi connectivity index (χ0n) is 9.62. The van der Waals surface area contributed by atoms with Gasteiger partial charge in [-0.1, -0.05) is 0 Å². The van der Waals surface area contributed by atoms with Crippen LogP contribution in [0.1, 0.15) is 19.8 Å². The molecule has 1 aliphatic heterocycles. The van der Waals surface area contributed by atoms with Crippen molar-refractivity contribution >= 4 is 9.84 Å². The molecule has 1 saturated heterocycles. The van der Waals surface area contributed by atoms with Gasteiger partial charge in [0.25, 0.3) is 0 Å². The predicted octanol–water partition coefficient (Wildman–Crippen LogP) is 0.00870. The molecule has 1 fully saturated rings. The van der Waals surface area contributed by atoms with Crippen LogP contribution in [-0.4, -0.2) is 46.1 Å². The van der Waals surface area contributed by atoms with Crippen molar-refractivity contribution in [1.29, 1.82) is 0 Å². The Morgan fingerprint density at radius 2 is 2.27 bits per heavy atom. The lowest BCUT2D eigenvalue weighted by atomic mass is 9.99. The van der Waals surface area contributed by atoms with E-state index in [1.165, 1.54) is 19.1 Å². The summed E-state index contributed by atoms with van der Waals surface area (Å²) in [6, 6.07) is 0.0573. The van der Waals surface area contributed by atoms with Gasteiger partial charge in [0.15, 0.2) is 0 Å². The van der Waals surface area contributed by atoms with Crippen molar-refractivity contribution in [2.24, 2.45) is 5.92 Å². The molecule has 0 amide bonds. The fraction of sp³-hybridized carbons (Fsp3) is 1.00. The Kier molecular flexibility index (Phi) is 5.02. The lowest BCUT2D eigenvalue weighted by Crippen LogP contribution is -2.41. The number of piperidine rings is 1. The number of hydrogen-bond donors (Lipinski definition) is 2. The van der Waals surface area contributed by atoms with Gasteiger partial charge in [0.05, 0.1) is 5.75 Å². The molecule has 0 spiro atoms. The van der Waals surface area contributed by atoms with E-state index in [4.69, 9.17) is 0 Å². The first kappa shape index (κ1) is 12.9. The van der Waals surface area contributed by atoms with Gasteiger partial charge in [-0.3, -0.25) is 0 Å². The van der Waals surface area contributed by atoms with Crippen LogP contribution in [0.25, 0.3) is 0 Å². The smallest absolute Gasteiger partial charge is 0.148 e. The van der Waals surface area contributed by atoms with Gasteiger partial charge >= 0.3 is 0 Å². The summed E-state index contributed by atoms with van der Waals surface area (Å²) < 4.78 is 22.1. The van der Waals surface area contributed by atoms with E-state index in [-0.39, 0.29) is 11.8 Å². The van der Waals surface area contributed by atoms with Gasteiger partial charge in [0.1, 0.15) is 9.84 Å². The number of nitrogens with one attached hydrogen (secondary N) is 2. The van der Waals surface area contributed by atoms with E-state index in [0.717, 1.165) is 19.6 Å². The molecule has 1 heterocycles. The molecule has 1 aliphatic rings. The van der Waals surface area contributed by atoms with Crippen LogP contribution < -0.4 is 10.6 Å². The highest BCUT2D eigenvalue weighted by atomic mass is 32.2. The SMILES string of the molecule is CC(CS(C)(=O)=O)NCC1CCCNC1. The molecule has 0 aromatic heterocycles. The molecule has 0 aromatic carbocycles. The number of rotatable bonds is 5. The molecule has 2 unspecified atom stereocenters. The molecule has 0 saturated carbocycles. The molecule has 15 heavy (non-hydrogen) atoms. The molecule has 0 bridgehead atoms. The molecule has 5 heteroatoms. The van der Waals surface area contributed by atoms with Crippen molar-refractivity contribution in [2.75, 3.05) is 31.6 Å². The number of sulfone groups is 1. The highest BCUT2D eigenvalue weighted by Crippen LogP contribution is 2.08. The molecular formula is C10H22N2O2S. The maximum absolute atomic E-state index is 11.0. The third-order valence-electron chi connectivity index (χ3n) is 2.71. The van der Waals surface area contributed by atoms with Crippen LogP contribution >= 0.6 is 0 Å². The first-order chi connectivity index (χ1) is 6.97. The van der Waals surface area contributed by atoms with Crippen LogP contribution in [0.2, 0.25) is 0 Å². The number of hydrogen-bond acceptors (Lipinski definition) is 4. The first-order valence-electron chi connectivity index (χ1n) is 5.59. The Bertz CT molecular complexity index is 271. The van der Waals surface area contributed by atoms with Crippen LogP contribution in [0.5, 0.6) is 0 Å². The molecule has 1 rings (SSSR count). The van der Waals surface area contributed by atoms with Crippen molar-refractivity contribution in [3.05, 3.63) is 0 Å². The average Bonchev–Trinajstić information content (AvgIpc) is 2.14. The summed E-state index contributed by atoms with van der Waals surface area (Å²) in [5.41, 5.74) is 0. The van der Waals surface area contributed by atoms with Gasteiger partial charge in [-0.25, -0.2) is 8.42 Å². The maximum atomic E-state index is 11.0. The minimum atomic E-state index is -2.85. The Morgan fingerprint density at radius 3 is 2.80 bits per heavy atom. The topological polar surface area (TPSA) is 58.2 Å². The van der Waals surface area contributed by atoms with E-state index in [1.54, 1.807) is 0 Å². The van der Waals surface area contributed by atoms with Crippen LogP contribution in [0.3, 0.4) is 0 Å². The van der Waals surface area contributed by atoms with E-state index < -0.39 is 9.84 Å². The van der Waals surface area contributed by atoms with Crippen molar-refractivity contribution in [3.8, 4) is 0 Å². The third kappa shape index (κ3) is 6.12. The molecule has 0 radical (unpaired) electrons. The van der Waals surface area contributed by atoms with Crippen LogP contribution in [0.15, 0.2) is 0 Å². The second-order valence-electron chi connectivity index (χ2n) is 4.61. The molecule has 0 aliphatic carbocycles. The summed E-state index contributed by atoms with van der Waals surface area (Å²) >= 11 is 0. The highest BCUT2D eigenvalue weighted by molar-refractivity contribution is 7.90. The summed E-state index contributed by atoms with van der Waals surface area (Å²) in [5.74, 6) is 0.883. The third-order valence-corrected chi connectivity index (χ3v) is 3.81. The standard InChI is InChI=1S/C10H22N2O2S/c1-9(8-15(2,13)14)12-7-10-4-3-5-11-6-10/h9-12H,3-8H2,1-2H3. The quantitative estimate of drug-likeness (QED) is 0.703. The fourth-order valence-corrected chi connectivity index (χ4v) is 3.01. The summed E-state index contributed by atoms with van der Waals surface area (Å²) in [5, 5.41) is 6.64. The van der Waals surface area contributed by atoms with Gasteiger partial charge in [-0.2, -0.15) is 0 Å². The Hall–Kier alpha value is -0.130. The second kappa shape index (κ2) is 5.82. The van der Waals surface area contributed by atoms with Gasteiger partial charge in [-0.15, -0.1) is 0 Å². The van der Waals surface area contributed by atoms with E-state index in [9.17, 15) is 8.42 Å². The van der Waals surface area contributed by atoms with E-state index >= 15 is 0 Å². The van der Waals surface area contributed by atoms with Crippen LogP contribution in [-0.2, 0) is 9.84 Å². The average molecular weight is 234 g/mol. The molecule has 4 nitrogen and oxygen atoms in total. The molecule has 2 atom stereocenters. The summed E-state index contributed by atoms with van der Waals surface area (Å²) in [6.45, 7) is 5.02. The van der Waals surface area contributed by atoms with E-state index in [1.807, 2.05) is 6.92 Å². The van der Waals surface area contributed by atoms with Crippen LogP contribution in [0.4, 0.5) is 0 Å². The van der Waals surface area contributed by atoms with Crippen LogP contribution in [0, 0.1) is 5.92 Å². The molecule has 0 aromatic rings. The monoisotopic (exact) mass is 234 g/mol. The van der Waals surface area contributed by atoms with Gasteiger partial charge in [-0.05, 0) is 45.3 Å². The Labute approximate surface area is 92.7 Å². The van der Waals surface area contributed by atoms with Gasteiger partial charge < -0.3 is 10.6 Å². The Balaban J connectivity index is 2.18. The van der Waals surface area contributed by atoms with E-state index in [0.29, 0.717) is 5.92 Å². The zero-order valence-corrected chi connectivity index (χ0v) is 10.4. The zero-order chi connectivity index (χ0) is 11.3. The summed E-state index contributed by atoms with van der Waals surface area (Å²) in [4.78, 5) is 0.